The molecule has 1 unspecified atom stereocenters. The van der Waals surface area contributed by atoms with E-state index in [4.69, 9.17) is 4.74 Å². The Bertz CT molecular complexity index is 1130. The highest BCUT2D eigenvalue weighted by molar-refractivity contribution is 5.90. The molecule has 1 amide bonds. The van der Waals surface area contributed by atoms with Crippen LogP contribution in [0.15, 0.2) is 35.1 Å². The van der Waals surface area contributed by atoms with Crippen molar-refractivity contribution in [2.24, 2.45) is 5.92 Å². The van der Waals surface area contributed by atoms with Crippen molar-refractivity contribution in [1.82, 2.24) is 15.1 Å². The minimum atomic E-state index is -4.60. The van der Waals surface area contributed by atoms with Crippen LogP contribution in [-0.4, -0.2) is 47.4 Å². The van der Waals surface area contributed by atoms with Gasteiger partial charge in [-0.1, -0.05) is 19.9 Å². The molecule has 1 N–H and O–H groups in total. The molecule has 12 heteroatoms. The molecular formula is C22H24F3N3O6. The fourth-order valence-electron chi connectivity index (χ4n) is 3.03. The minimum absolute atomic E-state index is 0.0336. The number of alkyl halides is 3. The summed E-state index contributed by atoms with van der Waals surface area (Å²) < 4.78 is 49.6. The first-order valence-corrected chi connectivity index (χ1v) is 10.2. The van der Waals surface area contributed by atoms with Gasteiger partial charge in [-0.3, -0.25) is 9.59 Å². The molecule has 34 heavy (non-hydrogen) atoms. The lowest BCUT2D eigenvalue weighted by Gasteiger charge is -2.18. The lowest BCUT2D eigenvalue weighted by Crippen LogP contribution is -2.44. The average molecular weight is 483 g/mol. The van der Waals surface area contributed by atoms with E-state index in [1.165, 1.54) is 20.1 Å². The molecule has 0 spiro atoms. The quantitative estimate of drug-likeness (QED) is 0.573. The van der Waals surface area contributed by atoms with Crippen molar-refractivity contribution in [3.8, 4) is 5.69 Å². The van der Waals surface area contributed by atoms with Crippen LogP contribution in [0, 0.1) is 12.8 Å². The van der Waals surface area contributed by atoms with Gasteiger partial charge >= 0.3 is 18.1 Å². The molecule has 2 rings (SSSR count). The van der Waals surface area contributed by atoms with Crippen LogP contribution < -0.4 is 10.7 Å². The third-order valence-corrected chi connectivity index (χ3v) is 4.58. The number of aryl methyl sites for hydroxylation is 1. The van der Waals surface area contributed by atoms with Crippen LogP contribution in [0.2, 0.25) is 0 Å². The van der Waals surface area contributed by atoms with Gasteiger partial charge in [0.15, 0.2) is 6.61 Å². The summed E-state index contributed by atoms with van der Waals surface area (Å²) in [6.45, 7) is 4.28. The molecule has 184 valence electrons. The highest BCUT2D eigenvalue weighted by atomic mass is 19.4. The monoisotopic (exact) mass is 483 g/mol. The molecule has 0 bridgehead atoms. The van der Waals surface area contributed by atoms with Gasteiger partial charge in [0, 0.05) is 11.8 Å². The van der Waals surface area contributed by atoms with Crippen molar-refractivity contribution in [2.75, 3.05) is 13.7 Å². The lowest BCUT2D eigenvalue weighted by molar-refractivity contribution is -0.145. The SMILES string of the molecule is COC(=O)C(CC(C)C)NC(=O)COC(=O)c1nn(-c2cccc(C(F)(F)F)c2)c(C)cc1=O. The normalized spacial score (nSPS) is 12.2. The summed E-state index contributed by atoms with van der Waals surface area (Å²) >= 11 is 0. The second-order valence-corrected chi connectivity index (χ2v) is 7.81. The minimum Gasteiger partial charge on any atom is -0.467 e. The maximum Gasteiger partial charge on any atom is 0.416 e. The van der Waals surface area contributed by atoms with Crippen LogP contribution in [0.4, 0.5) is 13.2 Å². The third-order valence-electron chi connectivity index (χ3n) is 4.58. The first-order chi connectivity index (χ1) is 15.8. The van der Waals surface area contributed by atoms with E-state index in [0.717, 1.165) is 28.9 Å². The number of carbonyl (C=O) groups is 3. The predicted molar refractivity (Wildman–Crippen MR) is 113 cm³/mol. The zero-order valence-electron chi connectivity index (χ0n) is 18.9. The van der Waals surface area contributed by atoms with Gasteiger partial charge in [0.1, 0.15) is 6.04 Å². The molecule has 0 aliphatic carbocycles. The molecular weight excluding hydrogens is 459 g/mol. The first kappa shape index (κ1) is 26.6. The van der Waals surface area contributed by atoms with Crippen molar-refractivity contribution >= 4 is 17.8 Å². The molecule has 0 aliphatic heterocycles. The van der Waals surface area contributed by atoms with E-state index in [0.29, 0.717) is 0 Å². The Hall–Kier alpha value is -3.70. The van der Waals surface area contributed by atoms with E-state index in [-0.39, 0.29) is 23.7 Å². The maximum atomic E-state index is 13.0. The number of benzene rings is 1. The first-order valence-electron chi connectivity index (χ1n) is 10.2. The van der Waals surface area contributed by atoms with Gasteiger partial charge in [-0.05, 0) is 37.5 Å². The van der Waals surface area contributed by atoms with E-state index < -0.39 is 53.4 Å². The van der Waals surface area contributed by atoms with Gasteiger partial charge < -0.3 is 14.8 Å². The maximum absolute atomic E-state index is 13.0. The van der Waals surface area contributed by atoms with Crippen LogP contribution in [0.3, 0.4) is 0 Å². The highest BCUT2D eigenvalue weighted by Gasteiger charge is 2.31. The van der Waals surface area contributed by atoms with Gasteiger partial charge in [0.25, 0.3) is 5.91 Å². The van der Waals surface area contributed by atoms with Gasteiger partial charge in [0.2, 0.25) is 11.1 Å². The zero-order chi connectivity index (χ0) is 25.6. The van der Waals surface area contributed by atoms with E-state index in [1.54, 1.807) is 0 Å². The summed E-state index contributed by atoms with van der Waals surface area (Å²) in [5.74, 6) is -2.68. The Morgan fingerprint density at radius 2 is 1.85 bits per heavy atom. The van der Waals surface area contributed by atoms with Gasteiger partial charge in [-0.15, -0.1) is 0 Å². The fourth-order valence-corrected chi connectivity index (χ4v) is 3.03. The summed E-state index contributed by atoms with van der Waals surface area (Å²) in [6.07, 6.45) is -4.32. The van der Waals surface area contributed by atoms with Gasteiger partial charge in [-0.2, -0.15) is 18.3 Å². The summed E-state index contributed by atoms with van der Waals surface area (Å²) in [5, 5.41) is 6.23. The average Bonchev–Trinajstić information content (AvgIpc) is 2.75. The molecule has 9 nitrogen and oxygen atoms in total. The number of nitrogens with zero attached hydrogens (tertiary/aromatic N) is 2. The number of ether oxygens (including phenoxy) is 2. The number of methoxy groups -OCH3 is 1. The van der Waals surface area contributed by atoms with E-state index in [1.807, 2.05) is 13.8 Å². The van der Waals surface area contributed by atoms with Crippen LogP contribution in [0.1, 0.15) is 42.0 Å². The summed E-state index contributed by atoms with van der Waals surface area (Å²) in [5.41, 5.74) is -2.35. The smallest absolute Gasteiger partial charge is 0.416 e. The van der Waals surface area contributed by atoms with E-state index in [9.17, 15) is 32.3 Å². The lowest BCUT2D eigenvalue weighted by atomic mass is 10.0. The number of carbonyl (C=O) groups excluding carboxylic acids is 3. The third kappa shape index (κ3) is 6.90. The van der Waals surface area contributed by atoms with Crippen LogP contribution in [0.5, 0.6) is 0 Å². The Balaban J connectivity index is 2.20. The number of amides is 1. The standard InChI is InChI=1S/C22H24F3N3O6/c1-12(2)8-16(20(31)33-4)26-18(30)11-34-21(32)19-17(29)9-13(3)28(27-19)15-7-5-6-14(10-15)22(23,24)25/h5-7,9-10,12,16H,8,11H2,1-4H3,(H,26,30). The number of rotatable bonds is 8. The van der Waals surface area contributed by atoms with E-state index in [2.05, 4.69) is 15.2 Å². The number of hydrogen-bond donors (Lipinski definition) is 1. The predicted octanol–water partition coefficient (Wildman–Crippen LogP) is 2.42. The number of esters is 2. The number of aromatic nitrogens is 2. The van der Waals surface area contributed by atoms with Crippen molar-refractivity contribution in [3.05, 3.63) is 57.5 Å². The van der Waals surface area contributed by atoms with Crippen LogP contribution in [-0.2, 0) is 25.2 Å². The van der Waals surface area contributed by atoms with E-state index >= 15 is 0 Å². The molecule has 1 aromatic carbocycles. The van der Waals surface area contributed by atoms with Crippen molar-refractivity contribution < 1.29 is 37.0 Å². The molecule has 0 saturated heterocycles. The Kier molecular flexibility index (Phi) is 8.55. The largest absolute Gasteiger partial charge is 0.467 e. The number of hydrogen-bond acceptors (Lipinski definition) is 7. The number of halogens is 3. The second kappa shape index (κ2) is 10.9. The summed E-state index contributed by atoms with van der Waals surface area (Å²) in [4.78, 5) is 48.6. The molecule has 1 aromatic heterocycles. The number of nitrogens with one attached hydrogen (secondary N) is 1. The van der Waals surface area contributed by atoms with Crippen molar-refractivity contribution in [1.29, 1.82) is 0 Å². The molecule has 0 radical (unpaired) electrons. The Morgan fingerprint density at radius 1 is 1.18 bits per heavy atom. The second-order valence-electron chi connectivity index (χ2n) is 7.81. The van der Waals surface area contributed by atoms with Crippen molar-refractivity contribution in [3.63, 3.8) is 0 Å². The molecule has 0 fully saturated rings. The fraction of sp³-hybridized carbons (Fsp3) is 0.409. The highest BCUT2D eigenvalue weighted by Crippen LogP contribution is 2.30. The van der Waals surface area contributed by atoms with Crippen molar-refractivity contribution in [2.45, 2.75) is 39.4 Å². The topological polar surface area (TPSA) is 117 Å². The molecule has 1 heterocycles. The molecule has 0 aliphatic rings. The van der Waals surface area contributed by atoms with Crippen LogP contribution in [0.25, 0.3) is 5.69 Å². The summed E-state index contributed by atoms with van der Waals surface area (Å²) in [6, 6.07) is 4.23. The summed E-state index contributed by atoms with van der Waals surface area (Å²) in [7, 11) is 1.17. The zero-order valence-corrected chi connectivity index (χ0v) is 18.9. The molecule has 1 atom stereocenters. The Labute approximate surface area is 192 Å². The molecule has 2 aromatic rings. The van der Waals surface area contributed by atoms with Gasteiger partial charge in [-0.25, -0.2) is 14.3 Å². The van der Waals surface area contributed by atoms with Crippen LogP contribution >= 0.6 is 0 Å². The van der Waals surface area contributed by atoms with Gasteiger partial charge in [0.05, 0.1) is 18.4 Å². The molecule has 0 saturated carbocycles. The Morgan fingerprint density at radius 3 is 2.44 bits per heavy atom.